The molecular formula is C10H17NO4. The van der Waals surface area contributed by atoms with Gasteiger partial charge in [-0.1, -0.05) is 0 Å². The Bertz CT molecular complexity index is 254. The number of likely N-dealkylation sites (tertiary alicyclic amines) is 1. The zero-order chi connectivity index (χ0) is 11.4. The molecule has 1 heterocycles. The lowest BCUT2D eigenvalue weighted by molar-refractivity contribution is -0.148. The summed E-state index contributed by atoms with van der Waals surface area (Å²) in [6.07, 6.45) is 0.723. The van der Waals surface area contributed by atoms with Gasteiger partial charge in [-0.3, -0.25) is 9.59 Å². The largest absolute Gasteiger partial charge is 0.481 e. The molecule has 1 fully saturated rings. The van der Waals surface area contributed by atoms with Gasteiger partial charge in [0.1, 0.15) is 0 Å². The molecule has 2 atom stereocenters. The van der Waals surface area contributed by atoms with Crippen LogP contribution in [0.5, 0.6) is 0 Å². The molecule has 0 aromatic rings. The normalized spacial score (nSPS) is 24.0. The van der Waals surface area contributed by atoms with Crippen molar-refractivity contribution >= 4 is 11.9 Å². The zero-order valence-corrected chi connectivity index (χ0v) is 9.10. The fourth-order valence-electron chi connectivity index (χ4n) is 1.68. The third-order valence-corrected chi connectivity index (χ3v) is 2.73. The number of hydrogen-bond donors (Lipinski definition) is 1. The van der Waals surface area contributed by atoms with Gasteiger partial charge in [0.05, 0.1) is 12.0 Å². The van der Waals surface area contributed by atoms with E-state index in [4.69, 9.17) is 9.84 Å². The molecular weight excluding hydrogens is 198 g/mol. The summed E-state index contributed by atoms with van der Waals surface area (Å²) in [7, 11) is 1.58. The van der Waals surface area contributed by atoms with Crippen LogP contribution in [0.3, 0.4) is 0 Å². The highest BCUT2D eigenvalue weighted by Crippen LogP contribution is 2.18. The minimum atomic E-state index is -0.822. The molecule has 0 radical (unpaired) electrons. The van der Waals surface area contributed by atoms with Crippen molar-refractivity contribution in [2.24, 2.45) is 5.92 Å². The fraction of sp³-hybridized carbons (Fsp3) is 0.800. The fourth-order valence-corrected chi connectivity index (χ4v) is 1.68. The van der Waals surface area contributed by atoms with E-state index in [0.29, 0.717) is 25.9 Å². The minimum absolute atomic E-state index is 0.0244. The molecule has 5 nitrogen and oxygen atoms in total. The van der Waals surface area contributed by atoms with Gasteiger partial charge in [-0.2, -0.15) is 0 Å². The third kappa shape index (κ3) is 3.20. The van der Waals surface area contributed by atoms with Crippen LogP contribution in [0, 0.1) is 5.92 Å². The van der Waals surface area contributed by atoms with Crippen LogP contribution in [0.1, 0.15) is 19.8 Å². The number of carboxylic acid groups (broad SMARTS) is 1. The molecule has 0 aliphatic carbocycles. The summed E-state index contributed by atoms with van der Waals surface area (Å²) in [6, 6.07) is 0. The van der Waals surface area contributed by atoms with Gasteiger partial charge < -0.3 is 14.7 Å². The molecule has 15 heavy (non-hydrogen) atoms. The number of carboxylic acids is 1. The van der Waals surface area contributed by atoms with Crippen molar-refractivity contribution in [1.29, 1.82) is 0 Å². The monoisotopic (exact) mass is 215 g/mol. The lowest BCUT2D eigenvalue weighted by atomic mass is 9.97. The second kappa shape index (κ2) is 5.11. The molecule has 1 rings (SSSR count). The quantitative estimate of drug-likeness (QED) is 0.734. The molecule has 5 heteroatoms. The summed E-state index contributed by atoms with van der Waals surface area (Å²) >= 11 is 0. The molecule has 1 aliphatic heterocycles. The van der Waals surface area contributed by atoms with Crippen LogP contribution < -0.4 is 0 Å². The standard InChI is InChI=1S/C10H17NO4/c1-7(15-2)5-11-6-8(10(13)14)3-4-9(11)12/h7-8H,3-6H2,1-2H3,(H,13,14). The number of aliphatic carboxylic acids is 1. The van der Waals surface area contributed by atoms with E-state index in [2.05, 4.69) is 0 Å². The summed E-state index contributed by atoms with van der Waals surface area (Å²) in [5.74, 6) is -1.22. The predicted molar refractivity (Wildman–Crippen MR) is 53.4 cm³/mol. The van der Waals surface area contributed by atoms with Crippen molar-refractivity contribution in [3.05, 3.63) is 0 Å². The first-order chi connectivity index (χ1) is 7.04. The molecule has 86 valence electrons. The lowest BCUT2D eigenvalue weighted by Crippen LogP contribution is -2.45. The van der Waals surface area contributed by atoms with Crippen LogP contribution in [0.25, 0.3) is 0 Å². The first kappa shape index (κ1) is 12.0. The number of nitrogens with zero attached hydrogens (tertiary/aromatic N) is 1. The van der Waals surface area contributed by atoms with Crippen LogP contribution >= 0.6 is 0 Å². The van der Waals surface area contributed by atoms with Gasteiger partial charge in [-0.15, -0.1) is 0 Å². The lowest BCUT2D eigenvalue weighted by Gasteiger charge is -2.32. The van der Waals surface area contributed by atoms with Crippen LogP contribution in [-0.2, 0) is 14.3 Å². The summed E-state index contributed by atoms with van der Waals surface area (Å²) in [6.45, 7) is 2.64. The van der Waals surface area contributed by atoms with Gasteiger partial charge in [-0.25, -0.2) is 0 Å². The average Bonchev–Trinajstić information content (AvgIpc) is 2.20. The summed E-state index contributed by atoms with van der Waals surface area (Å²) in [5.41, 5.74) is 0. The van der Waals surface area contributed by atoms with Gasteiger partial charge in [0.2, 0.25) is 5.91 Å². The first-order valence-corrected chi connectivity index (χ1v) is 5.08. The van der Waals surface area contributed by atoms with Gasteiger partial charge in [0.25, 0.3) is 0 Å². The second-order valence-corrected chi connectivity index (χ2v) is 3.92. The van der Waals surface area contributed by atoms with E-state index in [0.717, 1.165) is 0 Å². The van der Waals surface area contributed by atoms with E-state index in [9.17, 15) is 9.59 Å². The van der Waals surface area contributed by atoms with E-state index in [1.165, 1.54) is 0 Å². The van der Waals surface area contributed by atoms with Crippen molar-refractivity contribution in [2.75, 3.05) is 20.2 Å². The van der Waals surface area contributed by atoms with E-state index in [1.54, 1.807) is 12.0 Å². The minimum Gasteiger partial charge on any atom is -0.481 e. The number of piperidine rings is 1. The topological polar surface area (TPSA) is 66.8 Å². The summed E-state index contributed by atoms with van der Waals surface area (Å²) < 4.78 is 5.06. The van der Waals surface area contributed by atoms with E-state index in [-0.39, 0.29) is 12.0 Å². The molecule has 1 saturated heterocycles. The van der Waals surface area contributed by atoms with Crippen LogP contribution in [0.2, 0.25) is 0 Å². The first-order valence-electron chi connectivity index (χ1n) is 5.08. The maximum Gasteiger partial charge on any atom is 0.308 e. The maximum absolute atomic E-state index is 11.5. The highest BCUT2D eigenvalue weighted by atomic mass is 16.5. The van der Waals surface area contributed by atoms with Gasteiger partial charge in [-0.05, 0) is 13.3 Å². The Morgan fingerprint density at radius 2 is 2.40 bits per heavy atom. The Kier molecular flexibility index (Phi) is 4.08. The molecule has 0 spiro atoms. The number of carbonyl (C=O) groups excluding carboxylic acids is 1. The third-order valence-electron chi connectivity index (χ3n) is 2.73. The zero-order valence-electron chi connectivity index (χ0n) is 9.10. The predicted octanol–water partition coefficient (Wildman–Crippen LogP) is 0.344. The Morgan fingerprint density at radius 1 is 1.73 bits per heavy atom. The van der Waals surface area contributed by atoms with Gasteiger partial charge in [0.15, 0.2) is 0 Å². The Labute approximate surface area is 89.0 Å². The van der Waals surface area contributed by atoms with Crippen molar-refractivity contribution in [1.82, 2.24) is 4.90 Å². The van der Waals surface area contributed by atoms with Gasteiger partial charge in [0, 0.05) is 26.6 Å². The molecule has 2 unspecified atom stereocenters. The Balaban J connectivity index is 2.53. The SMILES string of the molecule is COC(C)CN1CC(C(=O)O)CCC1=O. The average molecular weight is 215 g/mol. The smallest absolute Gasteiger partial charge is 0.308 e. The van der Waals surface area contributed by atoms with E-state index < -0.39 is 11.9 Å². The summed E-state index contributed by atoms with van der Waals surface area (Å²) in [4.78, 5) is 23.9. The van der Waals surface area contributed by atoms with Crippen LogP contribution in [-0.4, -0.2) is 48.2 Å². The highest BCUT2D eigenvalue weighted by Gasteiger charge is 2.30. The highest BCUT2D eigenvalue weighted by molar-refractivity contribution is 5.80. The molecule has 0 saturated carbocycles. The van der Waals surface area contributed by atoms with Crippen molar-refractivity contribution < 1.29 is 19.4 Å². The van der Waals surface area contributed by atoms with Gasteiger partial charge >= 0.3 is 5.97 Å². The number of hydrogen-bond acceptors (Lipinski definition) is 3. The molecule has 0 bridgehead atoms. The number of carbonyl (C=O) groups is 2. The van der Waals surface area contributed by atoms with Crippen molar-refractivity contribution in [2.45, 2.75) is 25.9 Å². The number of rotatable bonds is 4. The molecule has 0 aromatic carbocycles. The van der Waals surface area contributed by atoms with Crippen LogP contribution in [0.4, 0.5) is 0 Å². The number of methoxy groups -OCH3 is 1. The number of amides is 1. The molecule has 0 aromatic heterocycles. The van der Waals surface area contributed by atoms with E-state index in [1.807, 2.05) is 6.92 Å². The molecule has 1 aliphatic rings. The molecule has 1 amide bonds. The van der Waals surface area contributed by atoms with Crippen molar-refractivity contribution in [3.8, 4) is 0 Å². The van der Waals surface area contributed by atoms with Crippen LogP contribution in [0.15, 0.2) is 0 Å². The van der Waals surface area contributed by atoms with Crippen molar-refractivity contribution in [3.63, 3.8) is 0 Å². The Hall–Kier alpha value is -1.10. The second-order valence-electron chi connectivity index (χ2n) is 3.92. The summed E-state index contributed by atoms with van der Waals surface area (Å²) in [5, 5.41) is 8.86. The number of ether oxygens (including phenoxy) is 1. The Morgan fingerprint density at radius 3 is 2.93 bits per heavy atom. The molecule has 1 N–H and O–H groups in total. The maximum atomic E-state index is 11.5. The van der Waals surface area contributed by atoms with E-state index >= 15 is 0 Å².